The van der Waals surface area contributed by atoms with Crippen molar-refractivity contribution >= 4 is 11.9 Å². The van der Waals surface area contributed by atoms with Gasteiger partial charge in [-0.25, -0.2) is 0 Å². The van der Waals surface area contributed by atoms with Gasteiger partial charge in [0.15, 0.2) is 0 Å². The van der Waals surface area contributed by atoms with Crippen molar-refractivity contribution < 1.29 is 4.74 Å². The molecule has 2 aromatic rings. The van der Waals surface area contributed by atoms with Gasteiger partial charge >= 0.3 is 0 Å². The lowest BCUT2D eigenvalue weighted by molar-refractivity contribution is 0.142. The van der Waals surface area contributed by atoms with Gasteiger partial charge in [0, 0.05) is 13.3 Å². The highest BCUT2D eigenvalue weighted by Gasteiger charge is 2.35. The van der Waals surface area contributed by atoms with E-state index in [0.717, 1.165) is 17.1 Å². The average molecular weight is 295 g/mol. The zero-order chi connectivity index (χ0) is 15.6. The molecule has 0 N–H and O–H groups in total. The number of hydrogen-bond donors (Lipinski definition) is 0. The molecule has 1 aromatic carbocycles. The average Bonchev–Trinajstić information content (AvgIpc) is 3.07. The summed E-state index contributed by atoms with van der Waals surface area (Å²) in [5.74, 6) is 0. The minimum absolute atomic E-state index is 0.268. The number of allylic oxidation sites excluding steroid dienone is 1. The summed E-state index contributed by atoms with van der Waals surface area (Å²) in [5.41, 5.74) is 4.04. The molecule has 1 unspecified atom stereocenters. The number of rotatable bonds is 5. The largest absolute Gasteiger partial charge is 0.371 e. The van der Waals surface area contributed by atoms with E-state index >= 15 is 0 Å². The van der Waals surface area contributed by atoms with E-state index in [1.54, 1.807) is 0 Å². The van der Waals surface area contributed by atoms with Crippen molar-refractivity contribution in [2.24, 2.45) is 12.0 Å². The van der Waals surface area contributed by atoms with Crippen LogP contribution in [-0.2, 0) is 23.8 Å². The highest BCUT2D eigenvalue weighted by Crippen LogP contribution is 2.40. The van der Waals surface area contributed by atoms with E-state index in [-0.39, 0.29) is 5.41 Å². The Hall–Kier alpha value is -2.20. The Morgan fingerprint density at radius 2 is 2.14 bits per heavy atom. The number of aliphatic imine (C=N–C) groups is 1. The Balaban J connectivity index is 1.86. The van der Waals surface area contributed by atoms with Crippen molar-refractivity contribution in [3.05, 3.63) is 59.4 Å². The van der Waals surface area contributed by atoms with Gasteiger partial charge < -0.3 is 4.74 Å². The van der Waals surface area contributed by atoms with Crippen molar-refractivity contribution in [3.8, 4) is 0 Å². The molecular weight excluding hydrogens is 274 g/mol. The van der Waals surface area contributed by atoms with Crippen LogP contribution >= 0.6 is 0 Å². The third kappa shape index (κ3) is 2.50. The number of aryl methyl sites for hydroxylation is 1. The highest BCUT2D eigenvalue weighted by atomic mass is 16.5. The first kappa shape index (κ1) is 14.7. The van der Waals surface area contributed by atoms with Crippen molar-refractivity contribution in [2.45, 2.75) is 25.9 Å². The Morgan fingerprint density at radius 1 is 1.32 bits per heavy atom. The molecule has 4 heteroatoms. The molecule has 1 aliphatic rings. The summed E-state index contributed by atoms with van der Waals surface area (Å²) >= 11 is 0. The van der Waals surface area contributed by atoms with E-state index in [1.165, 1.54) is 5.56 Å². The van der Waals surface area contributed by atoms with Crippen LogP contribution < -0.4 is 0 Å². The van der Waals surface area contributed by atoms with Crippen LogP contribution in [0.2, 0.25) is 0 Å². The zero-order valence-electron chi connectivity index (χ0n) is 13.3. The Bertz CT molecular complexity index is 730. The predicted octanol–water partition coefficient (Wildman–Crippen LogP) is 3.53. The molecule has 0 spiro atoms. The molecule has 0 saturated carbocycles. The fourth-order valence-electron chi connectivity index (χ4n) is 2.72. The number of ether oxygens (including phenoxy) is 1. The van der Waals surface area contributed by atoms with Crippen LogP contribution in [0.1, 0.15) is 30.8 Å². The molecule has 1 aromatic heterocycles. The van der Waals surface area contributed by atoms with Crippen LogP contribution in [0, 0.1) is 0 Å². The van der Waals surface area contributed by atoms with Crippen LogP contribution in [0.4, 0.5) is 5.69 Å². The van der Waals surface area contributed by atoms with Gasteiger partial charge in [-0.2, -0.15) is 5.10 Å². The van der Waals surface area contributed by atoms with Crippen molar-refractivity contribution in [3.63, 3.8) is 0 Å². The number of para-hydroxylation sites is 1. The monoisotopic (exact) mass is 295 g/mol. The fourth-order valence-corrected chi connectivity index (χ4v) is 2.72. The topological polar surface area (TPSA) is 39.4 Å². The minimum atomic E-state index is -0.268. The second kappa shape index (κ2) is 5.89. The summed E-state index contributed by atoms with van der Waals surface area (Å²) in [6, 6.07) is 10.3. The van der Waals surface area contributed by atoms with Crippen molar-refractivity contribution in [1.82, 2.24) is 9.78 Å². The summed E-state index contributed by atoms with van der Waals surface area (Å²) in [7, 11) is 1.96. The SMILES string of the molecule is CC=CCOCc1cc(C2(C)C=Nc3ccccc32)nn1C. The van der Waals surface area contributed by atoms with E-state index < -0.39 is 0 Å². The number of fused-ring (bicyclic) bond motifs is 1. The molecule has 1 aliphatic heterocycles. The summed E-state index contributed by atoms with van der Waals surface area (Å²) in [6.07, 6.45) is 5.98. The first-order valence-corrected chi connectivity index (χ1v) is 7.52. The molecule has 114 valence electrons. The highest BCUT2D eigenvalue weighted by molar-refractivity contribution is 5.88. The normalized spacial score (nSPS) is 20.0. The van der Waals surface area contributed by atoms with Crippen molar-refractivity contribution in [1.29, 1.82) is 0 Å². The maximum atomic E-state index is 5.64. The molecule has 0 fully saturated rings. The maximum Gasteiger partial charge on any atom is 0.0889 e. The third-order valence-corrected chi connectivity index (χ3v) is 4.13. The Morgan fingerprint density at radius 3 is 2.95 bits per heavy atom. The van der Waals surface area contributed by atoms with E-state index in [9.17, 15) is 0 Å². The second-order valence-corrected chi connectivity index (χ2v) is 5.71. The summed E-state index contributed by atoms with van der Waals surface area (Å²) in [4.78, 5) is 4.54. The number of nitrogens with zero attached hydrogens (tertiary/aromatic N) is 3. The van der Waals surface area contributed by atoms with Crippen LogP contribution in [0.5, 0.6) is 0 Å². The molecule has 0 bridgehead atoms. The lowest BCUT2D eigenvalue weighted by atomic mass is 9.81. The Labute approximate surface area is 131 Å². The smallest absolute Gasteiger partial charge is 0.0889 e. The first-order valence-electron chi connectivity index (χ1n) is 7.52. The van der Waals surface area contributed by atoms with E-state index in [1.807, 2.05) is 49.2 Å². The molecule has 3 rings (SSSR count). The molecule has 0 amide bonds. The first-order chi connectivity index (χ1) is 10.6. The lowest BCUT2D eigenvalue weighted by Crippen LogP contribution is -2.23. The molecule has 22 heavy (non-hydrogen) atoms. The number of benzene rings is 1. The maximum absolute atomic E-state index is 5.64. The summed E-state index contributed by atoms with van der Waals surface area (Å²) < 4.78 is 7.53. The Kier molecular flexibility index (Phi) is 3.94. The molecule has 0 saturated heterocycles. The van der Waals surface area contributed by atoms with Crippen molar-refractivity contribution in [2.75, 3.05) is 6.61 Å². The van der Waals surface area contributed by atoms with Crippen LogP contribution in [0.3, 0.4) is 0 Å². The molecule has 0 aliphatic carbocycles. The van der Waals surface area contributed by atoms with Crippen LogP contribution in [0.25, 0.3) is 0 Å². The van der Waals surface area contributed by atoms with E-state index in [4.69, 9.17) is 4.74 Å². The summed E-state index contributed by atoms with van der Waals surface area (Å²) in [6.45, 7) is 5.33. The van der Waals surface area contributed by atoms with Gasteiger partial charge in [0.1, 0.15) is 0 Å². The standard InChI is InChI=1S/C18H21N3O/c1-4-5-10-22-12-14-11-17(20-21(14)3)18(2)13-19-16-9-7-6-8-15(16)18/h4-9,11,13H,10,12H2,1-3H3. The zero-order valence-corrected chi connectivity index (χ0v) is 13.3. The lowest BCUT2D eigenvalue weighted by Gasteiger charge is -2.19. The van der Waals surface area contributed by atoms with Crippen LogP contribution in [-0.4, -0.2) is 22.6 Å². The van der Waals surface area contributed by atoms with Gasteiger partial charge in [-0.15, -0.1) is 0 Å². The number of aromatic nitrogens is 2. The quantitative estimate of drug-likeness (QED) is 0.625. The molecule has 1 atom stereocenters. The van der Waals surface area contributed by atoms with Gasteiger partial charge in [0.2, 0.25) is 0 Å². The van der Waals surface area contributed by atoms with E-state index in [0.29, 0.717) is 13.2 Å². The fraction of sp³-hybridized carbons (Fsp3) is 0.333. The number of hydrogen-bond acceptors (Lipinski definition) is 3. The predicted molar refractivity (Wildman–Crippen MR) is 88.7 cm³/mol. The molecular formula is C18H21N3O. The van der Waals surface area contributed by atoms with Gasteiger partial charge in [0.05, 0.1) is 35.7 Å². The van der Waals surface area contributed by atoms with Gasteiger partial charge in [-0.3, -0.25) is 9.67 Å². The summed E-state index contributed by atoms with van der Waals surface area (Å²) in [5, 5.41) is 4.69. The molecule has 2 heterocycles. The minimum Gasteiger partial charge on any atom is -0.371 e. The van der Waals surface area contributed by atoms with Crippen LogP contribution in [0.15, 0.2) is 47.5 Å². The van der Waals surface area contributed by atoms with E-state index in [2.05, 4.69) is 35.2 Å². The van der Waals surface area contributed by atoms with Gasteiger partial charge in [-0.05, 0) is 31.5 Å². The second-order valence-electron chi connectivity index (χ2n) is 5.71. The van der Waals surface area contributed by atoms with Gasteiger partial charge in [0.25, 0.3) is 0 Å². The van der Waals surface area contributed by atoms with Gasteiger partial charge in [-0.1, -0.05) is 30.4 Å². The third-order valence-electron chi connectivity index (χ3n) is 4.13. The molecule has 0 radical (unpaired) electrons. The molecule has 4 nitrogen and oxygen atoms in total.